The predicted molar refractivity (Wildman–Crippen MR) is 101 cm³/mol. The van der Waals surface area contributed by atoms with Crippen LogP contribution in [0.3, 0.4) is 0 Å². The van der Waals surface area contributed by atoms with Crippen LogP contribution < -0.4 is 4.74 Å². The molecule has 0 spiro atoms. The molecule has 0 saturated carbocycles. The number of rotatable bonds is 5. The van der Waals surface area contributed by atoms with Gasteiger partial charge in [0.05, 0.1) is 18.6 Å². The van der Waals surface area contributed by atoms with Crippen molar-refractivity contribution >= 4 is 11.9 Å². The molecular formula is C22H20N2O2. The zero-order chi connectivity index (χ0) is 17.8. The first-order valence-electron chi connectivity index (χ1n) is 8.83. The van der Waals surface area contributed by atoms with Crippen molar-refractivity contribution in [1.82, 2.24) is 9.97 Å². The minimum Gasteiger partial charge on any atom is -0.493 e. The molecule has 4 nitrogen and oxygen atoms in total. The highest BCUT2D eigenvalue weighted by Gasteiger charge is 2.22. The van der Waals surface area contributed by atoms with E-state index in [1.54, 1.807) is 6.33 Å². The van der Waals surface area contributed by atoms with Gasteiger partial charge in [-0.2, -0.15) is 0 Å². The van der Waals surface area contributed by atoms with Crippen LogP contribution in [-0.2, 0) is 12.8 Å². The average molecular weight is 344 g/mol. The maximum absolute atomic E-state index is 12.8. The number of ketones is 1. The molecule has 4 heteroatoms. The largest absolute Gasteiger partial charge is 0.493 e. The van der Waals surface area contributed by atoms with Crippen molar-refractivity contribution in [2.24, 2.45) is 0 Å². The molecule has 1 aromatic heterocycles. The summed E-state index contributed by atoms with van der Waals surface area (Å²) in [6.07, 6.45) is 7.91. The van der Waals surface area contributed by atoms with Gasteiger partial charge in [-0.15, -0.1) is 0 Å². The lowest BCUT2D eigenvalue weighted by Crippen LogP contribution is -2.14. The Bertz CT molecular complexity index is 928. The number of allylic oxidation sites excluding steroid dienone is 1. The van der Waals surface area contributed by atoms with Gasteiger partial charge >= 0.3 is 0 Å². The molecule has 1 aliphatic carbocycles. The number of aryl methyl sites for hydroxylation is 1. The number of imidazole rings is 1. The number of carbonyl (C=O) groups is 1. The minimum atomic E-state index is 0.123. The van der Waals surface area contributed by atoms with Crippen molar-refractivity contribution in [2.45, 2.75) is 19.3 Å². The summed E-state index contributed by atoms with van der Waals surface area (Å²) in [5.41, 5.74) is 4.78. The summed E-state index contributed by atoms with van der Waals surface area (Å²) >= 11 is 0. The fourth-order valence-corrected chi connectivity index (χ4v) is 3.23. The second-order valence-corrected chi connectivity index (χ2v) is 6.39. The van der Waals surface area contributed by atoms with Crippen molar-refractivity contribution in [3.63, 3.8) is 0 Å². The smallest absolute Gasteiger partial charge is 0.189 e. The SMILES string of the molecule is O=C1/C(=C\c2ccccc2)CCc2cc(OCCc3c[nH]cn3)ccc21. The Labute approximate surface area is 152 Å². The Balaban J connectivity index is 1.46. The Morgan fingerprint density at radius 2 is 2.00 bits per heavy atom. The third-order valence-corrected chi connectivity index (χ3v) is 4.60. The van der Waals surface area contributed by atoms with E-state index in [9.17, 15) is 4.79 Å². The number of aromatic nitrogens is 2. The molecule has 2 aromatic carbocycles. The molecule has 0 fully saturated rings. The first-order valence-corrected chi connectivity index (χ1v) is 8.83. The van der Waals surface area contributed by atoms with E-state index >= 15 is 0 Å². The number of ether oxygens (including phenoxy) is 1. The first-order chi connectivity index (χ1) is 12.8. The molecule has 0 atom stereocenters. The molecule has 0 bridgehead atoms. The lowest BCUT2D eigenvalue weighted by molar-refractivity contribution is 0.102. The highest BCUT2D eigenvalue weighted by Crippen LogP contribution is 2.29. The zero-order valence-electron chi connectivity index (χ0n) is 14.4. The molecule has 1 aliphatic rings. The molecule has 0 amide bonds. The van der Waals surface area contributed by atoms with Gasteiger partial charge in [-0.3, -0.25) is 4.79 Å². The van der Waals surface area contributed by atoms with Crippen LogP contribution >= 0.6 is 0 Å². The molecule has 0 unspecified atom stereocenters. The van der Waals surface area contributed by atoms with Crippen LogP contribution in [-0.4, -0.2) is 22.4 Å². The predicted octanol–water partition coefficient (Wildman–Crippen LogP) is 4.24. The molecule has 0 aliphatic heterocycles. The molecule has 26 heavy (non-hydrogen) atoms. The van der Waals surface area contributed by atoms with Gasteiger partial charge in [0.15, 0.2) is 5.78 Å². The van der Waals surface area contributed by atoms with Gasteiger partial charge in [0, 0.05) is 23.8 Å². The van der Waals surface area contributed by atoms with E-state index in [1.807, 2.05) is 60.8 Å². The Morgan fingerprint density at radius 1 is 1.12 bits per heavy atom. The van der Waals surface area contributed by atoms with E-state index in [1.165, 1.54) is 0 Å². The molecule has 0 saturated heterocycles. The van der Waals surface area contributed by atoms with Gasteiger partial charge in [-0.1, -0.05) is 30.3 Å². The summed E-state index contributed by atoms with van der Waals surface area (Å²) in [7, 11) is 0. The lowest BCUT2D eigenvalue weighted by Gasteiger charge is -2.18. The van der Waals surface area contributed by atoms with Crippen molar-refractivity contribution in [3.05, 3.63) is 89.0 Å². The van der Waals surface area contributed by atoms with Crippen LogP contribution in [0.2, 0.25) is 0 Å². The maximum Gasteiger partial charge on any atom is 0.189 e. The summed E-state index contributed by atoms with van der Waals surface area (Å²) in [5.74, 6) is 0.931. The number of H-pyrrole nitrogens is 1. The van der Waals surface area contributed by atoms with E-state index in [0.29, 0.717) is 6.61 Å². The molecule has 1 heterocycles. The second-order valence-electron chi connectivity index (χ2n) is 6.39. The van der Waals surface area contributed by atoms with Gasteiger partial charge in [0.2, 0.25) is 0 Å². The van der Waals surface area contributed by atoms with Gasteiger partial charge in [0.25, 0.3) is 0 Å². The number of benzene rings is 2. The van der Waals surface area contributed by atoms with Crippen LogP contribution in [0.4, 0.5) is 0 Å². The van der Waals surface area contributed by atoms with Crippen molar-refractivity contribution in [1.29, 1.82) is 0 Å². The normalized spacial score (nSPS) is 15.1. The van der Waals surface area contributed by atoms with E-state index in [-0.39, 0.29) is 5.78 Å². The number of nitrogens with zero attached hydrogens (tertiary/aromatic N) is 1. The Kier molecular flexibility index (Phi) is 4.65. The molecule has 3 aromatic rings. The first kappa shape index (κ1) is 16.3. The van der Waals surface area contributed by atoms with Crippen molar-refractivity contribution in [2.75, 3.05) is 6.61 Å². The highest BCUT2D eigenvalue weighted by atomic mass is 16.5. The summed E-state index contributed by atoms with van der Waals surface area (Å²) < 4.78 is 5.82. The molecule has 4 rings (SSSR count). The van der Waals surface area contributed by atoms with Crippen LogP contribution in [0.25, 0.3) is 6.08 Å². The number of fused-ring (bicyclic) bond motifs is 1. The Morgan fingerprint density at radius 3 is 2.81 bits per heavy atom. The van der Waals surface area contributed by atoms with Gasteiger partial charge < -0.3 is 9.72 Å². The summed E-state index contributed by atoms with van der Waals surface area (Å²) in [6.45, 7) is 0.566. The highest BCUT2D eigenvalue weighted by molar-refractivity contribution is 6.13. The molecule has 130 valence electrons. The second kappa shape index (κ2) is 7.40. The number of hydrogen-bond acceptors (Lipinski definition) is 3. The minimum absolute atomic E-state index is 0.123. The van der Waals surface area contributed by atoms with E-state index < -0.39 is 0 Å². The zero-order valence-corrected chi connectivity index (χ0v) is 14.4. The van der Waals surface area contributed by atoms with E-state index in [0.717, 1.165) is 53.0 Å². The third-order valence-electron chi connectivity index (χ3n) is 4.60. The van der Waals surface area contributed by atoms with Gasteiger partial charge in [-0.05, 0) is 48.2 Å². The summed E-state index contributed by atoms with van der Waals surface area (Å²) in [4.78, 5) is 19.9. The average Bonchev–Trinajstić information content (AvgIpc) is 3.18. The third kappa shape index (κ3) is 3.59. The fraction of sp³-hybridized carbons (Fsp3) is 0.182. The van der Waals surface area contributed by atoms with E-state index in [2.05, 4.69) is 9.97 Å². The summed E-state index contributed by atoms with van der Waals surface area (Å²) in [5, 5.41) is 0. The Hall–Kier alpha value is -3.14. The number of carbonyl (C=O) groups excluding carboxylic acids is 1. The standard InChI is InChI=1S/C22H20N2O2/c25-22-18(12-16-4-2-1-3-5-16)7-6-17-13-20(8-9-21(17)22)26-11-10-19-14-23-15-24-19/h1-5,8-9,12-15H,6-7,10-11H2,(H,23,24)/b18-12-. The van der Waals surface area contributed by atoms with Crippen molar-refractivity contribution in [3.8, 4) is 5.75 Å². The quantitative estimate of drug-likeness (QED) is 0.704. The van der Waals surface area contributed by atoms with Gasteiger partial charge in [-0.25, -0.2) is 4.98 Å². The fourth-order valence-electron chi connectivity index (χ4n) is 3.23. The van der Waals surface area contributed by atoms with Gasteiger partial charge in [0.1, 0.15) is 5.75 Å². The van der Waals surface area contributed by atoms with Crippen LogP contribution in [0.15, 0.2) is 66.6 Å². The maximum atomic E-state index is 12.8. The van der Waals surface area contributed by atoms with Crippen molar-refractivity contribution < 1.29 is 9.53 Å². The van der Waals surface area contributed by atoms with Crippen LogP contribution in [0.1, 0.15) is 33.6 Å². The molecule has 1 N–H and O–H groups in total. The number of aromatic amines is 1. The lowest BCUT2D eigenvalue weighted by atomic mass is 9.86. The summed E-state index contributed by atoms with van der Waals surface area (Å²) in [6, 6.07) is 15.8. The monoisotopic (exact) mass is 344 g/mol. The number of nitrogens with one attached hydrogen (secondary N) is 1. The number of Topliss-reactive ketones (excluding diaryl/α,β-unsaturated/α-hetero) is 1. The molecular weight excluding hydrogens is 324 g/mol. The van der Waals surface area contributed by atoms with Crippen LogP contribution in [0.5, 0.6) is 5.75 Å². The number of hydrogen-bond donors (Lipinski definition) is 1. The topological polar surface area (TPSA) is 55.0 Å². The van der Waals surface area contributed by atoms with Crippen LogP contribution in [0, 0.1) is 0 Å². The van der Waals surface area contributed by atoms with E-state index in [4.69, 9.17) is 4.74 Å². The molecule has 0 radical (unpaired) electrons.